The van der Waals surface area contributed by atoms with Gasteiger partial charge in [-0.3, -0.25) is 4.79 Å². The van der Waals surface area contributed by atoms with Gasteiger partial charge in [0.25, 0.3) is 5.91 Å². The summed E-state index contributed by atoms with van der Waals surface area (Å²) in [4.78, 5) is 19.2. The molecule has 1 aliphatic rings. The van der Waals surface area contributed by atoms with Crippen LogP contribution < -0.4 is 0 Å². The highest BCUT2D eigenvalue weighted by Gasteiger charge is 2.35. The van der Waals surface area contributed by atoms with Crippen LogP contribution in [-0.2, 0) is 16.7 Å². The summed E-state index contributed by atoms with van der Waals surface area (Å²) in [6.45, 7) is 7.45. The third-order valence-corrected chi connectivity index (χ3v) is 5.72. The van der Waals surface area contributed by atoms with Crippen molar-refractivity contribution in [1.29, 1.82) is 0 Å². The Kier molecular flexibility index (Phi) is 5.45. The minimum atomic E-state index is -1.27. The third kappa shape index (κ3) is 4.41. The van der Waals surface area contributed by atoms with Crippen molar-refractivity contribution in [1.82, 2.24) is 14.5 Å². The second kappa shape index (κ2) is 7.36. The zero-order chi connectivity index (χ0) is 19.8. The zero-order valence-corrected chi connectivity index (χ0v) is 17.5. The molecule has 3 heterocycles. The maximum absolute atomic E-state index is 15.3. The highest BCUT2D eigenvalue weighted by molar-refractivity contribution is 7.12. The summed E-state index contributed by atoms with van der Waals surface area (Å²) in [5.41, 5.74) is 0.202. The number of carbonyl (C=O) groups is 1. The average Bonchev–Trinajstić information content (AvgIpc) is 3.20. The summed E-state index contributed by atoms with van der Waals surface area (Å²) >= 11 is 1.41. The van der Waals surface area contributed by atoms with Gasteiger partial charge in [-0.15, -0.1) is 11.3 Å². The molecule has 0 unspecified atom stereocenters. The first-order valence-electron chi connectivity index (χ1n) is 9.24. The number of aromatic nitrogens is 2. The van der Waals surface area contributed by atoms with E-state index in [9.17, 15) is 4.79 Å². The van der Waals surface area contributed by atoms with Crippen LogP contribution in [0.4, 0.5) is 4.39 Å². The normalized spacial score (nSPS) is 17.1. The molecule has 0 aliphatic carbocycles. The summed E-state index contributed by atoms with van der Waals surface area (Å²) < 4.78 is 22.5. The number of halogens is 1. The van der Waals surface area contributed by atoms with Crippen molar-refractivity contribution in [2.45, 2.75) is 51.2 Å². The maximum atomic E-state index is 15.3. The number of alkyl halides is 1. The molecule has 0 spiro atoms. The van der Waals surface area contributed by atoms with Gasteiger partial charge in [0, 0.05) is 62.7 Å². The molecule has 0 aromatic carbocycles. The molecule has 2 aromatic heterocycles. The molecule has 1 saturated heterocycles. The van der Waals surface area contributed by atoms with E-state index in [2.05, 4.69) is 20.8 Å². The van der Waals surface area contributed by atoms with Crippen LogP contribution in [0.15, 0.2) is 17.6 Å². The number of imidazole rings is 1. The average molecular weight is 394 g/mol. The molecule has 7 heteroatoms. The standard InChI is InChI=1S/C20H28FN3O2S/c1-19(2,3)18-22-15(14-10-16(27-12-14)17(25)23(4)5)11-24(18)13-20(21)6-8-26-9-7-20/h10-12H,6-9,13H2,1-5H3. The molecule has 0 radical (unpaired) electrons. The minimum Gasteiger partial charge on any atom is -0.381 e. The SMILES string of the molecule is CN(C)C(=O)c1cc(-c2cn(CC3(F)CCOCC3)c(C(C)(C)C)n2)cs1. The van der Waals surface area contributed by atoms with Gasteiger partial charge in [0.1, 0.15) is 11.5 Å². The lowest BCUT2D eigenvalue weighted by Crippen LogP contribution is -2.37. The van der Waals surface area contributed by atoms with E-state index in [-0.39, 0.29) is 17.9 Å². The van der Waals surface area contributed by atoms with Crippen LogP contribution >= 0.6 is 11.3 Å². The first-order valence-corrected chi connectivity index (χ1v) is 10.1. The van der Waals surface area contributed by atoms with Crippen molar-refractivity contribution < 1.29 is 13.9 Å². The van der Waals surface area contributed by atoms with E-state index >= 15 is 4.39 Å². The van der Waals surface area contributed by atoms with E-state index in [1.54, 1.807) is 19.0 Å². The van der Waals surface area contributed by atoms with Crippen LogP contribution in [0.3, 0.4) is 0 Å². The van der Waals surface area contributed by atoms with Gasteiger partial charge >= 0.3 is 0 Å². The summed E-state index contributed by atoms with van der Waals surface area (Å²) in [5.74, 6) is 0.833. The number of ether oxygens (including phenoxy) is 1. The number of carbonyl (C=O) groups excluding carboxylic acids is 1. The fourth-order valence-corrected chi connectivity index (χ4v) is 4.20. The fraction of sp³-hybridized carbons (Fsp3) is 0.600. The molecule has 3 rings (SSSR count). The van der Waals surface area contributed by atoms with E-state index in [1.165, 1.54) is 11.3 Å². The van der Waals surface area contributed by atoms with Gasteiger partial charge in [0.15, 0.2) is 0 Å². The van der Waals surface area contributed by atoms with E-state index in [0.717, 1.165) is 17.1 Å². The van der Waals surface area contributed by atoms with Crippen molar-refractivity contribution in [2.75, 3.05) is 27.3 Å². The number of hydrogen-bond acceptors (Lipinski definition) is 4. The van der Waals surface area contributed by atoms with Gasteiger partial charge in [-0.1, -0.05) is 20.8 Å². The Labute approximate surface area is 164 Å². The Morgan fingerprint density at radius 3 is 2.63 bits per heavy atom. The molecule has 0 atom stereocenters. The van der Waals surface area contributed by atoms with Crippen LogP contribution in [0.1, 0.15) is 49.1 Å². The Balaban J connectivity index is 1.94. The van der Waals surface area contributed by atoms with E-state index in [1.807, 2.05) is 22.2 Å². The zero-order valence-electron chi connectivity index (χ0n) is 16.7. The lowest BCUT2D eigenvalue weighted by atomic mass is 9.93. The molecular weight excluding hydrogens is 365 g/mol. The molecular formula is C20H28FN3O2S. The fourth-order valence-electron chi connectivity index (χ4n) is 3.28. The van der Waals surface area contributed by atoms with Crippen LogP contribution in [0.5, 0.6) is 0 Å². The van der Waals surface area contributed by atoms with Crippen molar-refractivity contribution in [3.63, 3.8) is 0 Å². The number of thiophene rings is 1. The van der Waals surface area contributed by atoms with Crippen molar-refractivity contribution >= 4 is 17.2 Å². The second-order valence-electron chi connectivity index (χ2n) is 8.49. The monoisotopic (exact) mass is 393 g/mol. The van der Waals surface area contributed by atoms with Crippen LogP contribution in [0.25, 0.3) is 11.3 Å². The molecule has 1 fully saturated rings. The van der Waals surface area contributed by atoms with Crippen LogP contribution in [0.2, 0.25) is 0 Å². The summed E-state index contributed by atoms with van der Waals surface area (Å²) in [5, 5.41) is 1.94. The summed E-state index contributed by atoms with van der Waals surface area (Å²) in [6, 6.07) is 1.87. The summed E-state index contributed by atoms with van der Waals surface area (Å²) in [6.07, 6.45) is 2.73. The number of nitrogens with zero attached hydrogens (tertiary/aromatic N) is 3. The van der Waals surface area contributed by atoms with Crippen molar-refractivity contribution in [3.8, 4) is 11.3 Å². The van der Waals surface area contributed by atoms with E-state index in [4.69, 9.17) is 9.72 Å². The molecule has 5 nitrogen and oxygen atoms in total. The Bertz CT molecular complexity index is 814. The second-order valence-corrected chi connectivity index (χ2v) is 9.40. The molecule has 148 valence electrons. The topological polar surface area (TPSA) is 47.4 Å². The quantitative estimate of drug-likeness (QED) is 0.785. The summed E-state index contributed by atoms with van der Waals surface area (Å²) in [7, 11) is 3.48. The smallest absolute Gasteiger partial charge is 0.263 e. The van der Waals surface area contributed by atoms with Crippen molar-refractivity contribution in [3.05, 3.63) is 28.3 Å². The third-order valence-electron chi connectivity index (χ3n) is 4.80. The molecule has 1 aliphatic heterocycles. The van der Waals surface area contributed by atoms with Gasteiger partial charge in [-0.2, -0.15) is 0 Å². The Morgan fingerprint density at radius 2 is 2.04 bits per heavy atom. The molecule has 0 bridgehead atoms. The molecule has 0 saturated carbocycles. The Morgan fingerprint density at radius 1 is 1.37 bits per heavy atom. The Hall–Kier alpha value is -1.73. The maximum Gasteiger partial charge on any atom is 0.263 e. The van der Waals surface area contributed by atoms with Gasteiger partial charge < -0.3 is 14.2 Å². The van der Waals surface area contributed by atoms with Gasteiger partial charge in [0.2, 0.25) is 0 Å². The van der Waals surface area contributed by atoms with Gasteiger partial charge in [0.05, 0.1) is 17.1 Å². The lowest BCUT2D eigenvalue weighted by Gasteiger charge is -2.31. The highest BCUT2D eigenvalue weighted by Crippen LogP contribution is 2.33. The first kappa shape index (κ1) is 20.0. The van der Waals surface area contributed by atoms with E-state index in [0.29, 0.717) is 30.9 Å². The van der Waals surface area contributed by atoms with Gasteiger partial charge in [-0.25, -0.2) is 9.37 Å². The van der Waals surface area contributed by atoms with Crippen LogP contribution in [0, 0.1) is 0 Å². The molecule has 1 amide bonds. The van der Waals surface area contributed by atoms with Crippen LogP contribution in [-0.4, -0.2) is 53.3 Å². The number of amides is 1. The molecule has 2 aromatic rings. The minimum absolute atomic E-state index is 0.0216. The predicted octanol–water partition coefficient (Wildman–Crippen LogP) is 4.13. The van der Waals surface area contributed by atoms with E-state index < -0.39 is 5.67 Å². The molecule has 27 heavy (non-hydrogen) atoms. The van der Waals surface area contributed by atoms with Gasteiger partial charge in [-0.05, 0) is 6.07 Å². The largest absolute Gasteiger partial charge is 0.381 e. The lowest BCUT2D eigenvalue weighted by molar-refractivity contribution is -0.0184. The molecule has 0 N–H and O–H groups in total. The highest BCUT2D eigenvalue weighted by atomic mass is 32.1. The van der Waals surface area contributed by atoms with Crippen molar-refractivity contribution in [2.24, 2.45) is 0 Å². The predicted molar refractivity (Wildman–Crippen MR) is 106 cm³/mol. The number of rotatable bonds is 4. The number of hydrogen-bond donors (Lipinski definition) is 0. The first-order chi connectivity index (χ1) is 12.6.